The van der Waals surface area contributed by atoms with Crippen LogP contribution < -0.4 is 0 Å². The second kappa shape index (κ2) is 16.9. The lowest BCUT2D eigenvalue weighted by molar-refractivity contribution is 0.671. The number of fused-ring (bicyclic) bond motifs is 19. The van der Waals surface area contributed by atoms with Gasteiger partial charge >= 0.3 is 0 Å². The third-order valence-corrected chi connectivity index (χ3v) is 17.6. The molecule has 83 heavy (non-hydrogen) atoms. The number of para-hydroxylation sites is 7. The summed E-state index contributed by atoms with van der Waals surface area (Å²) in [5.41, 5.74) is 13.8. The fourth-order valence-corrected chi connectivity index (χ4v) is 14.3. The summed E-state index contributed by atoms with van der Waals surface area (Å²) in [7, 11) is 0. The summed E-state index contributed by atoms with van der Waals surface area (Å²) < 4.78 is 16.3. The van der Waals surface area contributed by atoms with Gasteiger partial charge < -0.3 is 22.7 Å². The maximum Gasteiger partial charge on any atom is 0.160 e. The second-order valence-electron chi connectivity index (χ2n) is 21.7. The summed E-state index contributed by atoms with van der Waals surface area (Å²) in [5, 5.41) is 40.2. The molecule has 0 saturated heterocycles. The zero-order valence-corrected chi connectivity index (χ0v) is 44.3. The highest BCUT2D eigenvalue weighted by atomic mass is 16.3. The average Bonchev–Trinajstić information content (AvgIpc) is 1.93. The number of furan rings is 1. The Morgan fingerprint density at radius 3 is 1.24 bits per heavy atom. The minimum atomic E-state index is 0.338. The molecular formula is C76H42N6O. The Morgan fingerprint density at radius 1 is 0.289 bits per heavy atom. The molecule has 0 aliphatic carbocycles. The third-order valence-electron chi connectivity index (χ3n) is 17.6. The predicted octanol–water partition coefficient (Wildman–Crippen LogP) is 19.7. The van der Waals surface area contributed by atoms with Gasteiger partial charge in [-0.2, -0.15) is 10.5 Å². The van der Waals surface area contributed by atoms with Crippen molar-refractivity contribution in [2.45, 2.75) is 0 Å². The summed E-state index contributed by atoms with van der Waals surface area (Å²) in [5.74, 6) is 0. The molecule has 5 aromatic heterocycles. The standard InChI is InChI=1S/C76H42N6O/c77-43-60-71(79-62-29-10-3-21-50(62)51-22-4-11-30-63(51)79)61(44-78)73(81-66-33-14-7-25-54(66)55-26-8-15-34-67(55)81)75(72(60)80-64-31-12-5-23-52(64)53-24-6-13-32-65(53)80)82-68-41-38-47(49-28-17-19-46-37-36-45-18-1-2-20-48(45)70(46)49)42-59(68)57-39-40-58-56-27-9-16-35-69(56)83-76(58)74(57)82/h1-42H. The van der Waals surface area contributed by atoms with Crippen molar-refractivity contribution in [1.29, 1.82) is 10.5 Å². The van der Waals surface area contributed by atoms with Gasteiger partial charge in [0.1, 0.15) is 28.8 Å². The van der Waals surface area contributed by atoms with Crippen LogP contribution >= 0.6 is 0 Å². The van der Waals surface area contributed by atoms with Crippen molar-refractivity contribution in [2.75, 3.05) is 0 Å². The predicted molar refractivity (Wildman–Crippen MR) is 341 cm³/mol. The number of hydrogen-bond donors (Lipinski definition) is 0. The van der Waals surface area contributed by atoms with Gasteiger partial charge in [0, 0.05) is 53.9 Å². The summed E-state index contributed by atoms with van der Waals surface area (Å²) in [6, 6.07) is 95.5. The van der Waals surface area contributed by atoms with E-state index in [1.165, 1.54) is 16.2 Å². The van der Waals surface area contributed by atoms with Crippen LogP contribution in [-0.2, 0) is 0 Å². The lowest BCUT2D eigenvalue weighted by Gasteiger charge is -2.27. The monoisotopic (exact) mass is 1050 g/mol. The maximum absolute atomic E-state index is 12.7. The van der Waals surface area contributed by atoms with Gasteiger partial charge in [0.15, 0.2) is 5.58 Å². The molecule has 0 fully saturated rings. The molecule has 18 aromatic rings. The maximum atomic E-state index is 12.7. The van der Waals surface area contributed by atoms with E-state index in [4.69, 9.17) is 4.42 Å². The van der Waals surface area contributed by atoms with E-state index in [1.54, 1.807) is 0 Å². The molecule has 7 heteroatoms. The molecule has 0 aliphatic rings. The zero-order valence-electron chi connectivity index (χ0n) is 44.3. The summed E-state index contributed by atoms with van der Waals surface area (Å²) in [6.07, 6.45) is 0. The first kappa shape index (κ1) is 45.2. The number of hydrogen-bond acceptors (Lipinski definition) is 3. The first-order valence-electron chi connectivity index (χ1n) is 28.0. The molecule has 13 aromatic carbocycles. The van der Waals surface area contributed by atoms with Crippen molar-refractivity contribution in [2.24, 2.45) is 0 Å². The quantitative estimate of drug-likeness (QED) is 0.161. The van der Waals surface area contributed by atoms with Crippen molar-refractivity contribution in [3.8, 4) is 46.0 Å². The highest BCUT2D eigenvalue weighted by Crippen LogP contribution is 2.51. The van der Waals surface area contributed by atoms with Crippen LogP contribution in [-0.4, -0.2) is 18.3 Å². The molecular weight excluding hydrogens is 1010 g/mol. The summed E-state index contributed by atoms with van der Waals surface area (Å²) in [4.78, 5) is 0. The van der Waals surface area contributed by atoms with E-state index in [0.29, 0.717) is 39.5 Å². The Labute approximate surface area is 473 Å². The van der Waals surface area contributed by atoms with Crippen LogP contribution in [0.5, 0.6) is 0 Å². The van der Waals surface area contributed by atoms with Crippen molar-refractivity contribution in [3.63, 3.8) is 0 Å². The SMILES string of the molecule is N#Cc1c(-n2c3ccccc3c3ccccc32)c(C#N)c(-n2c3ccccc3c3ccccc32)c(-n2c3ccc(-c4cccc5ccc6ccccc6c45)cc3c3ccc4c5ccccc5oc4c32)c1-n1c2ccccc2c2ccccc21. The Morgan fingerprint density at radius 2 is 0.711 bits per heavy atom. The summed E-state index contributed by atoms with van der Waals surface area (Å²) >= 11 is 0. The van der Waals surface area contributed by atoms with Gasteiger partial charge in [0.25, 0.3) is 0 Å². The fraction of sp³-hybridized carbons (Fsp3) is 0. The van der Waals surface area contributed by atoms with E-state index in [2.05, 4.69) is 261 Å². The average molecular weight is 1060 g/mol. The molecule has 18 rings (SSSR count). The van der Waals surface area contributed by atoms with Crippen molar-refractivity contribution in [3.05, 3.63) is 266 Å². The number of rotatable bonds is 5. The highest BCUT2D eigenvalue weighted by Gasteiger charge is 2.35. The molecule has 0 unspecified atom stereocenters. The molecule has 0 radical (unpaired) electrons. The fourth-order valence-electron chi connectivity index (χ4n) is 14.3. The van der Waals surface area contributed by atoms with E-state index in [-0.39, 0.29) is 0 Å². The molecule has 382 valence electrons. The smallest absolute Gasteiger partial charge is 0.160 e. The third kappa shape index (κ3) is 6.04. The van der Waals surface area contributed by atoms with Gasteiger partial charge in [-0.1, -0.05) is 194 Å². The van der Waals surface area contributed by atoms with Gasteiger partial charge in [-0.25, -0.2) is 0 Å². The topological polar surface area (TPSA) is 80.4 Å². The van der Waals surface area contributed by atoms with Gasteiger partial charge in [0.05, 0.1) is 66.9 Å². The molecule has 0 amide bonds. The van der Waals surface area contributed by atoms with E-state index < -0.39 is 0 Å². The number of aromatic nitrogens is 4. The number of benzene rings is 13. The van der Waals surface area contributed by atoms with Crippen LogP contribution in [0, 0.1) is 22.7 Å². The van der Waals surface area contributed by atoms with Crippen LogP contribution in [0.2, 0.25) is 0 Å². The van der Waals surface area contributed by atoms with Gasteiger partial charge in [0.2, 0.25) is 0 Å². The lowest BCUT2D eigenvalue weighted by Crippen LogP contribution is -2.17. The minimum absolute atomic E-state index is 0.338. The van der Waals surface area contributed by atoms with Crippen LogP contribution in [0.3, 0.4) is 0 Å². The van der Waals surface area contributed by atoms with E-state index in [1.807, 2.05) is 24.3 Å². The van der Waals surface area contributed by atoms with Crippen molar-refractivity contribution >= 4 is 131 Å². The number of nitriles is 2. The molecule has 0 spiro atoms. The number of nitrogens with zero attached hydrogens (tertiary/aromatic N) is 6. The molecule has 0 aliphatic heterocycles. The van der Waals surface area contributed by atoms with Crippen molar-refractivity contribution in [1.82, 2.24) is 18.3 Å². The lowest BCUT2D eigenvalue weighted by atomic mass is 9.93. The molecule has 0 bridgehead atoms. The van der Waals surface area contributed by atoms with E-state index in [0.717, 1.165) is 120 Å². The largest absolute Gasteiger partial charge is 0.454 e. The Bertz CT molecular complexity index is 5670. The normalized spacial score (nSPS) is 12.1. The van der Waals surface area contributed by atoms with Gasteiger partial charge in [-0.15, -0.1) is 0 Å². The Hall–Kier alpha value is -11.6. The zero-order chi connectivity index (χ0) is 54.6. The van der Waals surface area contributed by atoms with Gasteiger partial charge in [-0.05, 0) is 93.3 Å². The molecule has 0 N–H and O–H groups in total. The molecule has 7 nitrogen and oxygen atoms in total. The highest BCUT2D eigenvalue weighted by molar-refractivity contribution is 6.24. The molecule has 5 heterocycles. The first-order valence-corrected chi connectivity index (χ1v) is 28.0. The molecule has 0 atom stereocenters. The Kier molecular flexibility index (Phi) is 9.23. The Balaban J connectivity index is 1.13. The van der Waals surface area contributed by atoms with Gasteiger partial charge in [-0.3, -0.25) is 0 Å². The van der Waals surface area contributed by atoms with Crippen molar-refractivity contribution < 1.29 is 4.42 Å². The van der Waals surface area contributed by atoms with Crippen LogP contribution in [0.25, 0.3) is 165 Å². The summed E-state index contributed by atoms with van der Waals surface area (Å²) in [6.45, 7) is 0. The first-order chi connectivity index (χ1) is 41.2. The minimum Gasteiger partial charge on any atom is -0.454 e. The van der Waals surface area contributed by atoms with E-state index in [9.17, 15) is 10.5 Å². The van der Waals surface area contributed by atoms with Crippen LogP contribution in [0.15, 0.2) is 259 Å². The van der Waals surface area contributed by atoms with E-state index >= 15 is 0 Å². The van der Waals surface area contributed by atoms with Crippen LogP contribution in [0.1, 0.15) is 11.1 Å². The van der Waals surface area contributed by atoms with Crippen LogP contribution in [0.4, 0.5) is 0 Å². The second-order valence-corrected chi connectivity index (χ2v) is 21.7. The molecule has 0 saturated carbocycles.